The Morgan fingerprint density at radius 3 is 2.54 bits per heavy atom. The fraction of sp³-hybridized carbons (Fsp3) is 0.0769. The number of ether oxygens (including phenoxy) is 2. The summed E-state index contributed by atoms with van der Waals surface area (Å²) in [5.41, 5.74) is 8.90. The van der Waals surface area contributed by atoms with Gasteiger partial charge in [0, 0.05) is 11.8 Å². The van der Waals surface area contributed by atoms with Gasteiger partial charge in [-0.25, -0.2) is 9.97 Å². The van der Waals surface area contributed by atoms with E-state index in [-0.39, 0.29) is 11.7 Å². The Labute approximate surface area is 206 Å². The van der Waals surface area contributed by atoms with Crippen molar-refractivity contribution in [2.45, 2.75) is 12.0 Å². The van der Waals surface area contributed by atoms with Gasteiger partial charge in [0.15, 0.2) is 5.38 Å². The largest absolute Gasteiger partial charge is 0.489 e. The van der Waals surface area contributed by atoms with Gasteiger partial charge in [-0.15, -0.1) is 0 Å². The zero-order valence-electron chi connectivity index (χ0n) is 18.4. The van der Waals surface area contributed by atoms with Crippen LogP contribution >= 0.6 is 11.6 Å². The highest BCUT2D eigenvalue weighted by Gasteiger charge is 2.16. The summed E-state index contributed by atoms with van der Waals surface area (Å²) in [7, 11) is 0. The van der Waals surface area contributed by atoms with E-state index in [1.165, 1.54) is 6.33 Å². The second-order valence-electron chi connectivity index (χ2n) is 7.35. The number of rotatable bonds is 8. The first-order valence-corrected chi connectivity index (χ1v) is 11.0. The van der Waals surface area contributed by atoms with Crippen LogP contribution in [0, 0.1) is 11.3 Å². The van der Waals surface area contributed by atoms with Gasteiger partial charge in [0.05, 0.1) is 11.6 Å². The highest BCUT2D eigenvalue weighted by atomic mass is 35.5. The van der Waals surface area contributed by atoms with Crippen molar-refractivity contribution < 1.29 is 14.3 Å². The Balaban J connectivity index is 1.52. The van der Waals surface area contributed by atoms with Crippen molar-refractivity contribution in [3.05, 3.63) is 90.8 Å². The Morgan fingerprint density at radius 2 is 1.80 bits per heavy atom. The number of carbonyl (C=O) groups is 1. The van der Waals surface area contributed by atoms with Crippen LogP contribution in [0.3, 0.4) is 0 Å². The van der Waals surface area contributed by atoms with E-state index in [1.54, 1.807) is 30.3 Å². The van der Waals surface area contributed by atoms with Gasteiger partial charge < -0.3 is 20.5 Å². The summed E-state index contributed by atoms with van der Waals surface area (Å²) in [6, 6.07) is 25.5. The lowest BCUT2D eigenvalue weighted by molar-refractivity contribution is -0.115. The molecule has 3 aromatic carbocycles. The van der Waals surface area contributed by atoms with Gasteiger partial charge in [-0.1, -0.05) is 60.1 Å². The average Bonchev–Trinajstić information content (AvgIpc) is 2.88. The third-order valence-corrected chi connectivity index (χ3v) is 5.19. The van der Waals surface area contributed by atoms with E-state index < -0.39 is 11.3 Å². The van der Waals surface area contributed by atoms with Crippen LogP contribution in [0.25, 0.3) is 11.1 Å². The molecule has 0 saturated heterocycles. The number of nitrogens with one attached hydrogen (secondary N) is 1. The van der Waals surface area contributed by atoms with Gasteiger partial charge >= 0.3 is 0 Å². The SMILES string of the molecule is N#CC(Cl)C(=O)Nc1cccc(Oc2ncnc(N)c2-c2ccc(OCc3ccccc3)cc2)c1. The maximum Gasteiger partial charge on any atom is 0.256 e. The standard InChI is InChI=1S/C26H20ClN5O3/c27-22(14-28)25(33)32-19-7-4-8-21(13-19)35-26-23(24(29)30-16-31-26)18-9-11-20(12-10-18)34-15-17-5-2-1-3-6-17/h1-13,16,22H,15H2,(H,32,33)(H2,29,30,31). The van der Waals surface area contributed by atoms with Gasteiger partial charge in [0.25, 0.3) is 5.91 Å². The minimum Gasteiger partial charge on any atom is -0.489 e. The highest BCUT2D eigenvalue weighted by Crippen LogP contribution is 2.36. The minimum absolute atomic E-state index is 0.242. The predicted molar refractivity (Wildman–Crippen MR) is 133 cm³/mol. The van der Waals surface area contributed by atoms with Crippen LogP contribution in [0.5, 0.6) is 17.4 Å². The molecule has 0 aliphatic rings. The molecule has 9 heteroatoms. The molecule has 35 heavy (non-hydrogen) atoms. The normalized spacial score (nSPS) is 11.2. The number of nitrogens with zero attached hydrogens (tertiary/aromatic N) is 3. The van der Waals surface area contributed by atoms with E-state index in [9.17, 15) is 4.79 Å². The van der Waals surface area contributed by atoms with Crippen molar-refractivity contribution in [3.8, 4) is 34.6 Å². The first-order chi connectivity index (χ1) is 17.0. The van der Waals surface area contributed by atoms with E-state index >= 15 is 0 Å². The summed E-state index contributed by atoms with van der Waals surface area (Å²) < 4.78 is 11.8. The fourth-order valence-electron chi connectivity index (χ4n) is 3.20. The fourth-order valence-corrected chi connectivity index (χ4v) is 3.26. The smallest absolute Gasteiger partial charge is 0.256 e. The van der Waals surface area contributed by atoms with E-state index in [0.717, 1.165) is 11.1 Å². The molecule has 1 heterocycles. The van der Waals surface area contributed by atoms with Crippen LogP contribution in [0.15, 0.2) is 85.2 Å². The lowest BCUT2D eigenvalue weighted by atomic mass is 10.1. The lowest BCUT2D eigenvalue weighted by Crippen LogP contribution is -2.21. The van der Waals surface area contributed by atoms with E-state index in [1.807, 2.05) is 54.6 Å². The molecule has 0 bridgehead atoms. The number of hydrogen-bond donors (Lipinski definition) is 2. The number of alkyl halides is 1. The number of nitrogens with two attached hydrogens (primary N) is 1. The van der Waals surface area contributed by atoms with Crippen LogP contribution in [0.1, 0.15) is 5.56 Å². The number of benzene rings is 3. The van der Waals surface area contributed by atoms with Gasteiger partial charge in [-0.05, 0) is 35.4 Å². The van der Waals surface area contributed by atoms with Gasteiger partial charge in [0.1, 0.15) is 30.3 Å². The van der Waals surface area contributed by atoms with Gasteiger partial charge in [0.2, 0.25) is 5.88 Å². The topological polar surface area (TPSA) is 123 Å². The molecule has 8 nitrogen and oxygen atoms in total. The van der Waals surface area contributed by atoms with Crippen molar-refractivity contribution in [1.82, 2.24) is 9.97 Å². The number of aromatic nitrogens is 2. The molecule has 1 aromatic heterocycles. The highest BCUT2D eigenvalue weighted by molar-refractivity contribution is 6.34. The molecule has 0 saturated carbocycles. The maximum absolute atomic E-state index is 11.9. The molecule has 3 N–H and O–H groups in total. The molecule has 0 aliphatic carbocycles. The summed E-state index contributed by atoms with van der Waals surface area (Å²) in [6.45, 7) is 0.455. The van der Waals surface area contributed by atoms with Crippen LogP contribution in [0.2, 0.25) is 0 Å². The summed E-state index contributed by atoms with van der Waals surface area (Å²) >= 11 is 5.66. The third-order valence-electron chi connectivity index (χ3n) is 4.89. The van der Waals surface area contributed by atoms with Crippen LogP contribution in [0.4, 0.5) is 11.5 Å². The van der Waals surface area contributed by atoms with E-state index in [4.69, 9.17) is 32.1 Å². The Bertz CT molecular complexity index is 1360. The summed E-state index contributed by atoms with van der Waals surface area (Å²) in [5, 5.41) is 10.1. The summed E-state index contributed by atoms with van der Waals surface area (Å²) in [6.07, 6.45) is 1.31. The van der Waals surface area contributed by atoms with Crippen LogP contribution in [-0.2, 0) is 11.4 Å². The lowest BCUT2D eigenvalue weighted by Gasteiger charge is -2.13. The molecule has 4 aromatic rings. The van der Waals surface area contributed by atoms with Crippen LogP contribution < -0.4 is 20.5 Å². The molecule has 1 amide bonds. The van der Waals surface area contributed by atoms with Gasteiger partial charge in [-0.3, -0.25) is 4.79 Å². The van der Waals surface area contributed by atoms with Crippen LogP contribution in [-0.4, -0.2) is 21.3 Å². The zero-order valence-corrected chi connectivity index (χ0v) is 19.1. The molecule has 0 fully saturated rings. The molecular weight excluding hydrogens is 466 g/mol. The molecule has 4 rings (SSSR count). The molecule has 0 aliphatic heterocycles. The van der Waals surface area contributed by atoms with Crippen molar-refractivity contribution in [1.29, 1.82) is 5.26 Å². The number of nitrogen functional groups attached to an aromatic ring is 1. The number of nitriles is 1. The third kappa shape index (κ3) is 6.05. The van der Waals surface area contributed by atoms with Crippen molar-refractivity contribution in [2.75, 3.05) is 11.1 Å². The Kier molecular flexibility index (Phi) is 7.40. The molecular formula is C26H20ClN5O3. The predicted octanol–water partition coefficient (Wildman–Crippen LogP) is 5.17. The number of amides is 1. The van der Waals surface area contributed by atoms with Crippen molar-refractivity contribution >= 4 is 29.0 Å². The molecule has 0 spiro atoms. The van der Waals surface area contributed by atoms with E-state index in [2.05, 4.69) is 15.3 Å². The van der Waals surface area contributed by atoms with Crippen molar-refractivity contribution in [2.24, 2.45) is 0 Å². The summed E-state index contributed by atoms with van der Waals surface area (Å²) in [4.78, 5) is 20.2. The molecule has 1 unspecified atom stereocenters. The summed E-state index contributed by atoms with van der Waals surface area (Å²) in [5.74, 6) is 0.956. The second kappa shape index (κ2) is 11.0. The maximum atomic E-state index is 11.9. The zero-order chi connectivity index (χ0) is 24.6. The van der Waals surface area contributed by atoms with Crippen molar-refractivity contribution in [3.63, 3.8) is 0 Å². The van der Waals surface area contributed by atoms with Gasteiger partial charge in [-0.2, -0.15) is 5.26 Å². The minimum atomic E-state index is -1.30. The second-order valence-corrected chi connectivity index (χ2v) is 7.78. The first kappa shape index (κ1) is 23.5. The number of halogens is 1. The Morgan fingerprint density at radius 1 is 1.03 bits per heavy atom. The first-order valence-electron chi connectivity index (χ1n) is 10.5. The number of anilines is 2. The average molecular weight is 486 g/mol. The molecule has 1 atom stereocenters. The number of carbonyl (C=O) groups excluding carboxylic acids is 1. The quantitative estimate of drug-likeness (QED) is 0.330. The molecule has 174 valence electrons. The Hall–Kier alpha value is -4.61. The van der Waals surface area contributed by atoms with E-state index in [0.29, 0.717) is 29.4 Å². The monoisotopic (exact) mass is 485 g/mol. The molecule has 0 radical (unpaired) electrons. The number of hydrogen-bond acceptors (Lipinski definition) is 7.